The average Bonchev–Trinajstić information content (AvgIpc) is 2.69. The fourth-order valence-electron chi connectivity index (χ4n) is 3.51. The van der Waals surface area contributed by atoms with Crippen LogP contribution in [0, 0.1) is 0 Å². The number of anilines is 1. The lowest BCUT2D eigenvalue weighted by atomic mass is 10.0. The molecule has 116 valence electrons. The molecular formula is C16H22Br2N2O. The summed E-state index contributed by atoms with van der Waals surface area (Å²) in [5.41, 5.74) is 1.25. The third-order valence-electron chi connectivity index (χ3n) is 4.62. The van der Waals surface area contributed by atoms with Crippen molar-refractivity contribution in [2.45, 2.75) is 31.7 Å². The Kier molecular flexibility index (Phi) is 5.12. The molecule has 0 amide bonds. The molecule has 0 bridgehead atoms. The highest BCUT2D eigenvalue weighted by atomic mass is 79.9. The summed E-state index contributed by atoms with van der Waals surface area (Å²) in [6.45, 7) is 4.77. The SMILES string of the molecule is COc1cc(N2CCCN3CCCCC3C2)c(Br)cc1Br. The smallest absolute Gasteiger partial charge is 0.135 e. The van der Waals surface area contributed by atoms with E-state index in [2.05, 4.69) is 53.8 Å². The van der Waals surface area contributed by atoms with Crippen molar-refractivity contribution in [2.24, 2.45) is 0 Å². The minimum Gasteiger partial charge on any atom is -0.495 e. The van der Waals surface area contributed by atoms with E-state index in [0.29, 0.717) is 6.04 Å². The van der Waals surface area contributed by atoms with Gasteiger partial charge in [-0.2, -0.15) is 0 Å². The van der Waals surface area contributed by atoms with Crippen molar-refractivity contribution in [2.75, 3.05) is 38.2 Å². The highest BCUT2D eigenvalue weighted by Gasteiger charge is 2.28. The van der Waals surface area contributed by atoms with Crippen LogP contribution in [0.4, 0.5) is 5.69 Å². The number of benzene rings is 1. The van der Waals surface area contributed by atoms with Crippen molar-refractivity contribution in [1.29, 1.82) is 0 Å². The molecule has 21 heavy (non-hydrogen) atoms. The second-order valence-electron chi connectivity index (χ2n) is 5.92. The van der Waals surface area contributed by atoms with Gasteiger partial charge in [-0.05, 0) is 63.7 Å². The van der Waals surface area contributed by atoms with Gasteiger partial charge in [0.25, 0.3) is 0 Å². The molecule has 1 aromatic carbocycles. The molecule has 2 aliphatic rings. The molecule has 0 aliphatic carbocycles. The van der Waals surface area contributed by atoms with E-state index in [-0.39, 0.29) is 0 Å². The first-order valence-corrected chi connectivity index (χ1v) is 9.29. The summed E-state index contributed by atoms with van der Waals surface area (Å²) in [7, 11) is 1.73. The van der Waals surface area contributed by atoms with Crippen LogP contribution in [-0.2, 0) is 0 Å². The quantitative estimate of drug-likeness (QED) is 0.713. The third-order valence-corrected chi connectivity index (χ3v) is 5.87. The average molecular weight is 418 g/mol. The van der Waals surface area contributed by atoms with Crippen LogP contribution in [0.3, 0.4) is 0 Å². The number of hydrogen-bond donors (Lipinski definition) is 0. The number of nitrogens with zero attached hydrogens (tertiary/aromatic N) is 2. The van der Waals surface area contributed by atoms with E-state index in [9.17, 15) is 0 Å². The summed E-state index contributed by atoms with van der Waals surface area (Å²) in [4.78, 5) is 5.21. The van der Waals surface area contributed by atoms with E-state index in [1.54, 1.807) is 7.11 Å². The van der Waals surface area contributed by atoms with Gasteiger partial charge < -0.3 is 9.64 Å². The van der Waals surface area contributed by atoms with Crippen molar-refractivity contribution >= 4 is 37.5 Å². The van der Waals surface area contributed by atoms with Gasteiger partial charge >= 0.3 is 0 Å². The number of rotatable bonds is 2. The minimum absolute atomic E-state index is 0.711. The number of methoxy groups -OCH3 is 1. The summed E-state index contributed by atoms with van der Waals surface area (Å²) < 4.78 is 7.60. The van der Waals surface area contributed by atoms with Gasteiger partial charge in [-0.15, -0.1) is 0 Å². The highest BCUT2D eigenvalue weighted by Crippen LogP contribution is 2.37. The van der Waals surface area contributed by atoms with E-state index in [4.69, 9.17) is 4.74 Å². The summed E-state index contributed by atoms with van der Waals surface area (Å²) in [5, 5.41) is 0. The van der Waals surface area contributed by atoms with Gasteiger partial charge in [0.2, 0.25) is 0 Å². The zero-order valence-corrected chi connectivity index (χ0v) is 15.6. The van der Waals surface area contributed by atoms with Gasteiger partial charge in [0, 0.05) is 36.2 Å². The molecule has 0 aromatic heterocycles. The standard InChI is InChI=1S/C16H22Br2N2O/c1-21-16-10-15(13(17)9-14(16)18)20-8-4-7-19-6-3-2-5-12(19)11-20/h9-10,12H,2-8,11H2,1H3. The molecule has 0 spiro atoms. The maximum atomic E-state index is 5.46. The number of fused-ring (bicyclic) bond motifs is 1. The molecule has 1 atom stereocenters. The second kappa shape index (κ2) is 6.88. The van der Waals surface area contributed by atoms with Gasteiger partial charge in [0.05, 0.1) is 17.3 Å². The van der Waals surface area contributed by atoms with Crippen LogP contribution < -0.4 is 9.64 Å². The lowest BCUT2D eigenvalue weighted by molar-refractivity contribution is 0.162. The van der Waals surface area contributed by atoms with E-state index in [1.165, 1.54) is 44.5 Å². The van der Waals surface area contributed by atoms with Crippen LogP contribution in [0.1, 0.15) is 25.7 Å². The Labute approximate surface area is 143 Å². The minimum atomic E-state index is 0.711. The molecule has 2 aliphatic heterocycles. The number of hydrogen-bond acceptors (Lipinski definition) is 3. The third kappa shape index (κ3) is 3.40. The molecule has 0 radical (unpaired) electrons. The summed E-state index contributed by atoms with van der Waals surface area (Å²) in [6.07, 6.45) is 5.31. The van der Waals surface area contributed by atoms with Gasteiger partial charge in [-0.3, -0.25) is 4.90 Å². The predicted molar refractivity (Wildman–Crippen MR) is 94.4 cm³/mol. The van der Waals surface area contributed by atoms with Gasteiger partial charge in [0.15, 0.2) is 0 Å². The Bertz CT molecular complexity index is 509. The first-order valence-electron chi connectivity index (χ1n) is 7.71. The topological polar surface area (TPSA) is 15.7 Å². The van der Waals surface area contributed by atoms with E-state index in [0.717, 1.165) is 27.8 Å². The van der Waals surface area contributed by atoms with Crippen LogP contribution in [0.5, 0.6) is 5.75 Å². The lowest BCUT2D eigenvalue weighted by Gasteiger charge is -2.36. The Balaban J connectivity index is 1.85. The molecule has 0 saturated carbocycles. The maximum absolute atomic E-state index is 5.46. The molecule has 3 rings (SSSR count). The Morgan fingerprint density at radius 2 is 1.86 bits per heavy atom. The molecule has 2 fully saturated rings. The summed E-state index contributed by atoms with van der Waals surface area (Å²) >= 11 is 7.27. The van der Waals surface area contributed by atoms with Crippen LogP contribution in [0.2, 0.25) is 0 Å². The van der Waals surface area contributed by atoms with E-state index in [1.807, 2.05) is 0 Å². The molecule has 1 aromatic rings. The van der Waals surface area contributed by atoms with Crippen LogP contribution >= 0.6 is 31.9 Å². The predicted octanol–water partition coefficient (Wildman–Crippen LogP) is 4.28. The molecule has 2 saturated heterocycles. The molecule has 0 N–H and O–H groups in total. The molecule has 2 heterocycles. The largest absolute Gasteiger partial charge is 0.495 e. The number of piperidine rings is 1. The molecule has 3 nitrogen and oxygen atoms in total. The van der Waals surface area contributed by atoms with Gasteiger partial charge in [-0.1, -0.05) is 6.42 Å². The van der Waals surface area contributed by atoms with Crippen LogP contribution in [0.15, 0.2) is 21.1 Å². The first-order chi connectivity index (χ1) is 10.2. The number of halogens is 2. The van der Waals surface area contributed by atoms with E-state index < -0.39 is 0 Å². The summed E-state index contributed by atoms with van der Waals surface area (Å²) in [6, 6.07) is 4.95. The Hall–Kier alpha value is -0.260. The van der Waals surface area contributed by atoms with Gasteiger partial charge in [-0.25, -0.2) is 0 Å². The highest BCUT2D eigenvalue weighted by molar-refractivity contribution is 9.11. The lowest BCUT2D eigenvalue weighted by Crippen LogP contribution is -2.44. The first kappa shape index (κ1) is 15.6. The Morgan fingerprint density at radius 1 is 1.05 bits per heavy atom. The van der Waals surface area contributed by atoms with Gasteiger partial charge in [0.1, 0.15) is 5.75 Å². The van der Waals surface area contributed by atoms with Crippen LogP contribution in [-0.4, -0.2) is 44.2 Å². The fourth-order valence-corrected chi connectivity index (χ4v) is 4.91. The van der Waals surface area contributed by atoms with Crippen molar-refractivity contribution in [3.8, 4) is 5.75 Å². The maximum Gasteiger partial charge on any atom is 0.135 e. The van der Waals surface area contributed by atoms with Crippen molar-refractivity contribution in [3.63, 3.8) is 0 Å². The second-order valence-corrected chi connectivity index (χ2v) is 7.63. The molecular weight excluding hydrogens is 396 g/mol. The fraction of sp³-hybridized carbons (Fsp3) is 0.625. The van der Waals surface area contributed by atoms with Crippen molar-refractivity contribution in [3.05, 3.63) is 21.1 Å². The number of ether oxygens (including phenoxy) is 1. The van der Waals surface area contributed by atoms with Crippen LogP contribution in [0.25, 0.3) is 0 Å². The van der Waals surface area contributed by atoms with Crippen molar-refractivity contribution in [1.82, 2.24) is 4.90 Å². The Morgan fingerprint density at radius 3 is 2.67 bits per heavy atom. The normalized spacial score (nSPS) is 23.6. The monoisotopic (exact) mass is 416 g/mol. The van der Waals surface area contributed by atoms with E-state index >= 15 is 0 Å². The summed E-state index contributed by atoms with van der Waals surface area (Å²) in [5.74, 6) is 0.901. The zero-order valence-electron chi connectivity index (χ0n) is 12.4. The zero-order chi connectivity index (χ0) is 14.8. The molecule has 1 unspecified atom stereocenters. The van der Waals surface area contributed by atoms with Crippen molar-refractivity contribution < 1.29 is 4.74 Å². The molecule has 5 heteroatoms.